The number of aliphatic carboxylic acids is 1. The highest BCUT2D eigenvalue weighted by Crippen LogP contribution is 2.18. The fourth-order valence-electron chi connectivity index (χ4n) is 1.19. The van der Waals surface area contributed by atoms with E-state index >= 15 is 0 Å². The minimum absolute atomic E-state index is 0.0926. The first-order valence-electron chi connectivity index (χ1n) is 4.56. The third kappa shape index (κ3) is 3.34. The normalized spacial score (nSPS) is 10.7. The molecule has 86 valence electrons. The van der Waals surface area contributed by atoms with Gasteiger partial charge in [0.25, 0.3) is 0 Å². The molecule has 16 heavy (non-hydrogen) atoms. The number of hydrogen-bond acceptors (Lipinski definition) is 2. The summed E-state index contributed by atoms with van der Waals surface area (Å²) >= 11 is 0. The quantitative estimate of drug-likeness (QED) is 0.800. The minimum Gasteiger partial charge on any atom is -0.478 e. The Labute approximate surface area is 91.6 Å². The second kappa shape index (κ2) is 5.25. The van der Waals surface area contributed by atoms with Crippen molar-refractivity contribution < 1.29 is 18.7 Å². The highest BCUT2D eigenvalue weighted by atomic mass is 19.1. The van der Waals surface area contributed by atoms with Crippen molar-refractivity contribution in [2.24, 2.45) is 0 Å². The van der Waals surface area contributed by atoms with Crippen molar-refractivity contribution in [1.82, 2.24) is 0 Å². The summed E-state index contributed by atoms with van der Waals surface area (Å²) < 4.78 is 26.1. The average Bonchev–Trinajstić information content (AvgIpc) is 2.21. The van der Waals surface area contributed by atoms with Gasteiger partial charge in [-0.25, -0.2) is 13.6 Å². The van der Waals surface area contributed by atoms with Gasteiger partial charge in [0.05, 0.1) is 5.69 Å². The van der Waals surface area contributed by atoms with Gasteiger partial charge in [0.2, 0.25) is 0 Å². The Kier molecular flexibility index (Phi) is 3.99. The van der Waals surface area contributed by atoms with E-state index in [9.17, 15) is 13.6 Å². The molecule has 5 heteroatoms. The molecule has 0 atom stereocenters. The maximum absolute atomic E-state index is 13.3. The number of carboxylic acids is 1. The molecular formula is C11H11F2NO2. The van der Waals surface area contributed by atoms with Crippen LogP contribution in [0.15, 0.2) is 30.4 Å². The first kappa shape index (κ1) is 12.2. The molecule has 0 bridgehead atoms. The number of hydrogen-bond donors (Lipinski definition) is 1. The highest BCUT2D eigenvalue weighted by molar-refractivity contribution is 5.79. The van der Waals surface area contributed by atoms with Crippen molar-refractivity contribution in [3.63, 3.8) is 0 Å². The predicted molar refractivity (Wildman–Crippen MR) is 56.4 cm³/mol. The van der Waals surface area contributed by atoms with Crippen molar-refractivity contribution in [1.29, 1.82) is 0 Å². The fraction of sp³-hybridized carbons (Fsp3) is 0.182. The van der Waals surface area contributed by atoms with Crippen LogP contribution in [-0.4, -0.2) is 24.7 Å². The van der Waals surface area contributed by atoms with Crippen LogP contribution in [0.3, 0.4) is 0 Å². The number of carboxylic acid groups (broad SMARTS) is 1. The van der Waals surface area contributed by atoms with Crippen LogP contribution >= 0.6 is 0 Å². The van der Waals surface area contributed by atoms with Gasteiger partial charge < -0.3 is 10.0 Å². The van der Waals surface area contributed by atoms with Crippen molar-refractivity contribution in [2.75, 3.05) is 18.5 Å². The van der Waals surface area contributed by atoms with E-state index in [2.05, 4.69) is 0 Å². The summed E-state index contributed by atoms with van der Waals surface area (Å²) in [6.45, 7) is 0.187. The number of anilines is 1. The first-order chi connectivity index (χ1) is 7.50. The van der Waals surface area contributed by atoms with Crippen molar-refractivity contribution in [3.8, 4) is 0 Å². The molecule has 0 fully saturated rings. The number of carbonyl (C=O) groups is 1. The summed E-state index contributed by atoms with van der Waals surface area (Å²) in [5.74, 6) is -2.16. The summed E-state index contributed by atoms with van der Waals surface area (Å²) in [5.41, 5.74) is 0.0926. The molecule has 1 aromatic rings. The molecule has 0 aromatic heterocycles. The van der Waals surface area contributed by atoms with E-state index in [4.69, 9.17) is 5.11 Å². The monoisotopic (exact) mass is 227 g/mol. The Hall–Kier alpha value is -1.91. The summed E-state index contributed by atoms with van der Waals surface area (Å²) in [6, 6.07) is 3.12. The van der Waals surface area contributed by atoms with E-state index in [0.29, 0.717) is 0 Å². The van der Waals surface area contributed by atoms with E-state index in [1.54, 1.807) is 7.05 Å². The maximum Gasteiger partial charge on any atom is 0.328 e. The number of halogens is 2. The SMILES string of the molecule is CN(C/C=C/C(=O)O)c1cc(F)ccc1F. The molecular weight excluding hydrogens is 216 g/mol. The van der Waals surface area contributed by atoms with Gasteiger partial charge in [0.15, 0.2) is 0 Å². The molecule has 0 saturated carbocycles. The molecule has 0 aliphatic heterocycles. The van der Waals surface area contributed by atoms with Gasteiger partial charge >= 0.3 is 5.97 Å². The number of rotatable bonds is 4. The Morgan fingerprint density at radius 3 is 2.81 bits per heavy atom. The standard InChI is InChI=1S/C11H11F2NO2/c1-14(6-2-3-11(15)16)10-7-8(12)4-5-9(10)13/h2-5,7H,6H2,1H3,(H,15,16)/b3-2+. The predicted octanol–water partition coefficient (Wildman–Crippen LogP) is 2.04. The zero-order valence-corrected chi connectivity index (χ0v) is 8.65. The molecule has 1 rings (SSSR count). The summed E-state index contributed by atoms with van der Waals surface area (Å²) in [7, 11) is 1.55. The zero-order chi connectivity index (χ0) is 12.1. The highest BCUT2D eigenvalue weighted by Gasteiger charge is 2.07. The average molecular weight is 227 g/mol. The Morgan fingerprint density at radius 1 is 1.50 bits per heavy atom. The van der Waals surface area contributed by atoms with Crippen molar-refractivity contribution in [3.05, 3.63) is 42.0 Å². The van der Waals surface area contributed by atoms with Crippen molar-refractivity contribution >= 4 is 11.7 Å². The van der Waals surface area contributed by atoms with Gasteiger partial charge in [0, 0.05) is 25.7 Å². The molecule has 0 radical (unpaired) electrons. The lowest BCUT2D eigenvalue weighted by atomic mass is 10.2. The Morgan fingerprint density at radius 2 is 2.19 bits per heavy atom. The minimum atomic E-state index is -1.08. The number of nitrogens with zero attached hydrogens (tertiary/aromatic N) is 1. The van der Waals surface area contributed by atoms with E-state index in [0.717, 1.165) is 24.3 Å². The van der Waals surface area contributed by atoms with Crippen LogP contribution in [0, 0.1) is 11.6 Å². The fourth-order valence-corrected chi connectivity index (χ4v) is 1.19. The summed E-state index contributed by atoms with van der Waals surface area (Å²) in [6.07, 6.45) is 2.31. The van der Waals surface area contributed by atoms with Gasteiger partial charge in [-0.2, -0.15) is 0 Å². The topological polar surface area (TPSA) is 40.5 Å². The van der Waals surface area contributed by atoms with Crippen LogP contribution in [-0.2, 0) is 4.79 Å². The lowest BCUT2D eigenvalue weighted by Crippen LogP contribution is -2.18. The van der Waals surface area contributed by atoms with Crippen LogP contribution < -0.4 is 4.90 Å². The smallest absolute Gasteiger partial charge is 0.328 e. The number of benzene rings is 1. The largest absolute Gasteiger partial charge is 0.478 e. The van der Waals surface area contributed by atoms with Crippen LogP contribution in [0.5, 0.6) is 0 Å². The molecule has 1 N–H and O–H groups in total. The van der Waals surface area contributed by atoms with Gasteiger partial charge in [-0.3, -0.25) is 0 Å². The van der Waals surface area contributed by atoms with Crippen LogP contribution in [0.4, 0.5) is 14.5 Å². The zero-order valence-electron chi connectivity index (χ0n) is 8.65. The van der Waals surface area contributed by atoms with Gasteiger partial charge in [-0.05, 0) is 12.1 Å². The molecule has 0 spiro atoms. The molecule has 0 amide bonds. The molecule has 0 unspecified atom stereocenters. The third-order valence-corrected chi connectivity index (χ3v) is 1.96. The summed E-state index contributed by atoms with van der Waals surface area (Å²) in [4.78, 5) is 11.6. The van der Waals surface area contributed by atoms with E-state index in [1.807, 2.05) is 0 Å². The Bertz CT molecular complexity index is 418. The van der Waals surface area contributed by atoms with Crippen LogP contribution in [0.1, 0.15) is 0 Å². The van der Waals surface area contributed by atoms with E-state index < -0.39 is 17.6 Å². The molecule has 0 heterocycles. The van der Waals surface area contributed by atoms with E-state index in [-0.39, 0.29) is 12.2 Å². The molecule has 0 aliphatic carbocycles. The molecule has 3 nitrogen and oxygen atoms in total. The molecule has 0 aliphatic rings. The third-order valence-electron chi connectivity index (χ3n) is 1.96. The summed E-state index contributed by atoms with van der Waals surface area (Å²) in [5, 5.41) is 8.36. The first-order valence-corrected chi connectivity index (χ1v) is 4.56. The second-order valence-electron chi connectivity index (χ2n) is 3.22. The number of likely N-dealkylation sites (N-methyl/N-ethyl adjacent to an activating group) is 1. The second-order valence-corrected chi connectivity index (χ2v) is 3.22. The molecule has 0 saturated heterocycles. The van der Waals surface area contributed by atoms with Gasteiger partial charge in [-0.1, -0.05) is 6.08 Å². The maximum atomic E-state index is 13.3. The van der Waals surface area contributed by atoms with Crippen molar-refractivity contribution in [2.45, 2.75) is 0 Å². The van der Waals surface area contributed by atoms with E-state index in [1.165, 1.54) is 11.0 Å². The van der Waals surface area contributed by atoms with Gasteiger partial charge in [-0.15, -0.1) is 0 Å². The lowest BCUT2D eigenvalue weighted by molar-refractivity contribution is -0.131. The van der Waals surface area contributed by atoms with Gasteiger partial charge in [0.1, 0.15) is 11.6 Å². The lowest BCUT2D eigenvalue weighted by Gasteiger charge is -2.17. The Balaban J connectivity index is 2.76. The van der Waals surface area contributed by atoms with Crippen LogP contribution in [0.2, 0.25) is 0 Å². The molecule has 1 aromatic carbocycles. The van der Waals surface area contributed by atoms with Crippen LogP contribution in [0.25, 0.3) is 0 Å².